The van der Waals surface area contributed by atoms with Crippen molar-refractivity contribution in [2.45, 2.75) is 94.5 Å². The first kappa shape index (κ1) is 27.0. The Balaban J connectivity index is 0.948. The van der Waals surface area contributed by atoms with Gasteiger partial charge in [-0.15, -0.1) is 0 Å². The number of nitrogens with two attached hydrogens (primary N) is 1. The van der Waals surface area contributed by atoms with Crippen LogP contribution in [0, 0.1) is 76.4 Å². The summed E-state index contributed by atoms with van der Waals surface area (Å²) in [5.74, 6) is 9.06. The van der Waals surface area contributed by atoms with E-state index >= 15 is 0 Å². The molecule has 44 heavy (non-hydrogen) atoms. The van der Waals surface area contributed by atoms with Gasteiger partial charge in [-0.25, -0.2) is 0 Å². The molecule has 1 spiro atoms. The fraction of sp³-hybridized carbons (Fsp3) is 0.683. The predicted octanol–water partition coefficient (Wildman–Crippen LogP) is 8.30. The molecule has 0 aromatic heterocycles. The quantitative estimate of drug-likeness (QED) is 0.275. The highest BCUT2D eigenvalue weighted by Crippen LogP contribution is 2.77. The molecule has 11 rings (SSSR count). The zero-order valence-corrected chi connectivity index (χ0v) is 26.5. The Bertz CT molecular complexity index is 1440. The van der Waals surface area contributed by atoms with Crippen LogP contribution in [0.25, 0.3) is 0 Å². The highest BCUT2D eigenvalue weighted by Gasteiger charge is 2.74. The van der Waals surface area contributed by atoms with Gasteiger partial charge in [0.25, 0.3) is 0 Å². The van der Waals surface area contributed by atoms with E-state index in [0.717, 1.165) is 42.3 Å². The number of fused-ring (bicyclic) bond motifs is 6. The summed E-state index contributed by atoms with van der Waals surface area (Å²) >= 11 is 0. The van der Waals surface area contributed by atoms with Crippen LogP contribution < -0.4 is 11.1 Å². The normalized spacial score (nSPS) is 51.7. The number of aldehydes is 1. The third kappa shape index (κ3) is 3.41. The van der Waals surface area contributed by atoms with E-state index in [-0.39, 0.29) is 17.0 Å². The van der Waals surface area contributed by atoms with Crippen molar-refractivity contribution in [1.29, 1.82) is 0 Å². The maximum Gasteiger partial charge on any atom is 0.137 e. The molecule has 232 valence electrons. The van der Waals surface area contributed by atoms with Crippen molar-refractivity contribution >= 4 is 12.0 Å². The first-order chi connectivity index (χ1) is 21.5. The molecule has 15 atom stereocenters. The molecule has 2 bridgehead atoms. The molecule has 0 saturated heterocycles. The number of hydrogen-bond acceptors (Lipinski definition) is 3. The van der Waals surface area contributed by atoms with Gasteiger partial charge < -0.3 is 15.8 Å². The van der Waals surface area contributed by atoms with Gasteiger partial charge in [0.15, 0.2) is 0 Å². The lowest BCUT2D eigenvalue weighted by atomic mass is 9.66. The molecule has 0 radical (unpaired) electrons. The van der Waals surface area contributed by atoms with Gasteiger partial charge in [0.1, 0.15) is 6.29 Å². The van der Waals surface area contributed by atoms with Crippen molar-refractivity contribution < 1.29 is 4.79 Å². The van der Waals surface area contributed by atoms with Crippen molar-refractivity contribution in [2.75, 3.05) is 5.32 Å². The van der Waals surface area contributed by atoms with E-state index in [2.05, 4.69) is 60.5 Å². The molecule has 1 aromatic rings. The van der Waals surface area contributed by atoms with Crippen LogP contribution in [0.3, 0.4) is 0 Å². The number of benzene rings is 1. The van der Waals surface area contributed by atoms with Crippen LogP contribution in [0.15, 0.2) is 60.7 Å². The maximum absolute atomic E-state index is 12.7. The first-order valence-electron chi connectivity index (χ1n) is 18.7. The van der Waals surface area contributed by atoms with Crippen molar-refractivity contribution in [3.8, 4) is 0 Å². The zero-order chi connectivity index (χ0) is 29.4. The van der Waals surface area contributed by atoms with Gasteiger partial charge in [-0.2, -0.15) is 0 Å². The molecule has 2 aliphatic heterocycles. The maximum atomic E-state index is 12.7. The molecule has 3 nitrogen and oxygen atoms in total. The molecule has 1 aromatic carbocycles. The standard InChI is InChI=1S/C41H52N2O/c1-23-10-13-35-39(34-19-26(18-32(23)34)24-6-2-3-7-24)41(35,38(42)22-44)28-11-12-30-27(17-28)20-36-33(30)21-29-16-25-14-15-40(29,36)43-37-9-5-4-8-31(25)37/h4-5,8-9,11-12,14-15,22,24-30,32-36,38-39,43H,1-3,6-7,10,13,16-21,42H2/t25-,26-,27-,28+,29+,30+,32+,33-,34-,35-,36-,38-,39-,40-,41+/m0/s1. The minimum Gasteiger partial charge on any atom is -0.375 e. The number of hydrogen-bond donors (Lipinski definition) is 2. The highest BCUT2D eigenvalue weighted by molar-refractivity contribution is 5.62. The second-order valence-corrected chi connectivity index (χ2v) is 17.4. The molecule has 8 aliphatic carbocycles. The third-order valence-electron chi connectivity index (χ3n) is 16.3. The van der Waals surface area contributed by atoms with E-state index in [1.807, 2.05) is 0 Å². The molecule has 3 N–H and O–H groups in total. The van der Waals surface area contributed by atoms with Crippen LogP contribution in [0.1, 0.15) is 88.5 Å². The van der Waals surface area contributed by atoms with Gasteiger partial charge in [-0.1, -0.05) is 80.3 Å². The summed E-state index contributed by atoms with van der Waals surface area (Å²) in [4.78, 5) is 12.7. The molecule has 6 saturated carbocycles. The van der Waals surface area contributed by atoms with E-state index in [9.17, 15) is 4.79 Å². The van der Waals surface area contributed by atoms with Crippen molar-refractivity contribution in [3.05, 3.63) is 66.3 Å². The molecule has 0 unspecified atom stereocenters. The minimum absolute atomic E-state index is 0.0204. The van der Waals surface area contributed by atoms with Crippen LogP contribution >= 0.6 is 0 Å². The van der Waals surface area contributed by atoms with Gasteiger partial charge >= 0.3 is 0 Å². The van der Waals surface area contributed by atoms with Crippen LogP contribution in [0.4, 0.5) is 5.69 Å². The molecular formula is C41H52N2O. The lowest BCUT2D eigenvalue weighted by molar-refractivity contribution is -0.111. The van der Waals surface area contributed by atoms with E-state index in [4.69, 9.17) is 5.73 Å². The van der Waals surface area contributed by atoms with Crippen molar-refractivity contribution in [3.63, 3.8) is 0 Å². The van der Waals surface area contributed by atoms with Crippen LogP contribution in [-0.4, -0.2) is 17.9 Å². The smallest absolute Gasteiger partial charge is 0.137 e. The summed E-state index contributed by atoms with van der Waals surface area (Å²) in [5.41, 5.74) is 11.5. The van der Waals surface area contributed by atoms with Gasteiger partial charge in [0.05, 0.1) is 11.6 Å². The van der Waals surface area contributed by atoms with E-state index in [1.54, 1.807) is 0 Å². The topological polar surface area (TPSA) is 55.1 Å². The Morgan fingerprint density at radius 1 is 0.886 bits per heavy atom. The summed E-state index contributed by atoms with van der Waals surface area (Å²) in [6, 6.07) is 8.78. The third-order valence-corrected chi connectivity index (χ3v) is 16.3. The number of carbonyl (C=O) groups is 1. The van der Waals surface area contributed by atoms with Crippen molar-refractivity contribution in [2.24, 2.45) is 82.2 Å². The fourth-order valence-electron chi connectivity index (χ4n) is 14.7. The number of nitrogens with one attached hydrogen (secondary N) is 1. The van der Waals surface area contributed by atoms with Crippen LogP contribution in [-0.2, 0) is 4.79 Å². The Kier molecular flexibility index (Phi) is 5.81. The Morgan fingerprint density at radius 3 is 2.61 bits per heavy atom. The zero-order valence-electron chi connectivity index (χ0n) is 26.5. The Labute approximate surface area is 264 Å². The van der Waals surface area contributed by atoms with E-state index in [0.29, 0.717) is 47.3 Å². The van der Waals surface area contributed by atoms with Gasteiger partial charge in [-0.3, -0.25) is 0 Å². The monoisotopic (exact) mass is 588 g/mol. The molecule has 10 aliphatic rings. The van der Waals surface area contributed by atoms with E-state index < -0.39 is 0 Å². The average Bonchev–Trinajstić information content (AvgIpc) is 3.48. The van der Waals surface area contributed by atoms with Crippen LogP contribution in [0.2, 0.25) is 0 Å². The second kappa shape index (κ2) is 9.46. The SMILES string of the molecule is C=C1CC[C@H]2[C@H]([C@H]3C[C@@H](C4CCCC4)C[C@H]13)[C@@]2([C@@H]1C=C[C@@H]2[C@@H](C1)C[C@H]1[C@H]2C[C@H]2C[C@@H]3C=C[C@]21Nc1ccccc13)[C@@H](N)C=O. The fourth-order valence-corrected chi connectivity index (χ4v) is 14.7. The number of allylic oxidation sites excluding steroid dienone is 4. The van der Waals surface area contributed by atoms with Gasteiger partial charge in [0.2, 0.25) is 0 Å². The highest BCUT2D eigenvalue weighted by atomic mass is 16.1. The summed E-state index contributed by atoms with van der Waals surface area (Å²) < 4.78 is 0. The summed E-state index contributed by atoms with van der Waals surface area (Å²) in [6.45, 7) is 4.68. The largest absolute Gasteiger partial charge is 0.375 e. The molecular weight excluding hydrogens is 536 g/mol. The van der Waals surface area contributed by atoms with Crippen molar-refractivity contribution in [1.82, 2.24) is 0 Å². The predicted molar refractivity (Wildman–Crippen MR) is 177 cm³/mol. The Morgan fingerprint density at radius 2 is 1.75 bits per heavy atom. The number of rotatable bonds is 4. The second-order valence-electron chi connectivity index (χ2n) is 17.4. The summed E-state index contributed by atoms with van der Waals surface area (Å²) in [6.07, 6.45) is 27.7. The summed E-state index contributed by atoms with van der Waals surface area (Å²) in [5, 5.41) is 4.21. The summed E-state index contributed by atoms with van der Waals surface area (Å²) in [7, 11) is 0. The van der Waals surface area contributed by atoms with Gasteiger partial charge in [0, 0.05) is 17.0 Å². The molecule has 0 amide bonds. The number of anilines is 1. The Hall–Kier alpha value is -2.13. The van der Waals surface area contributed by atoms with Crippen LogP contribution in [0.5, 0.6) is 0 Å². The average molecular weight is 589 g/mol. The molecule has 3 heteroatoms. The minimum atomic E-state index is -0.330. The number of para-hydroxylation sites is 1. The lowest BCUT2D eigenvalue weighted by Gasteiger charge is -2.41. The van der Waals surface area contributed by atoms with Gasteiger partial charge in [-0.05, 0) is 134 Å². The first-order valence-corrected chi connectivity index (χ1v) is 18.7. The number of carbonyl (C=O) groups excluding carboxylic acids is 1. The van der Waals surface area contributed by atoms with E-state index in [1.165, 1.54) is 87.5 Å². The lowest BCUT2D eigenvalue weighted by Crippen LogP contribution is -2.46. The molecule has 6 fully saturated rings. The molecule has 2 heterocycles.